The molecular weight excluding hydrogens is 695 g/mol. The average Bonchev–Trinajstić information content (AvgIpc) is 3.92. The van der Waals surface area contributed by atoms with Gasteiger partial charge in [0.05, 0.1) is 39.2 Å². The van der Waals surface area contributed by atoms with Gasteiger partial charge in [0, 0.05) is 57.1 Å². The Morgan fingerprint density at radius 1 is 0.509 bits per heavy atom. The molecule has 2 unspecified atom stereocenters. The highest BCUT2D eigenvalue weighted by Crippen LogP contribution is 2.57. The normalized spacial score (nSPS) is 17.0. The fourth-order valence-electron chi connectivity index (χ4n) is 9.90. The molecule has 10 aromatic rings. The summed E-state index contributed by atoms with van der Waals surface area (Å²) in [4.78, 5) is 9.51. The van der Waals surface area contributed by atoms with Gasteiger partial charge >= 0.3 is 0 Å². The van der Waals surface area contributed by atoms with Crippen molar-refractivity contribution in [3.8, 4) is 33.6 Å². The lowest BCUT2D eigenvalue weighted by atomic mass is 9.68. The quantitative estimate of drug-likeness (QED) is 0.192. The molecule has 57 heavy (non-hydrogen) atoms. The van der Waals surface area contributed by atoms with Crippen LogP contribution in [0.15, 0.2) is 201 Å². The smallest absolute Gasteiger partial charge is 0.0873 e. The van der Waals surface area contributed by atoms with Crippen molar-refractivity contribution in [1.82, 2.24) is 24.4 Å². The molecule has 5 nitrogen and oxygen atoms in total. The predicted molar refractivity (Wildman–Crippen MR) is 233 cm³/mol. The second-order valence-electron chi connectivity index (χ2n) is 15.0. The summed E-state index contributed by atoms with van der Waals surface area (Å²) in [5.74, 6) is 0. The van der Waals surface area contributed by atoms with Gasteiger partial charge in [-0.25, -0.2) is 0 Å². The van der Waals surface area contributed by atoms with Gasteiger partial charge in [-0.05, 0) is 94.7 Å². The number of pyridine rings is 2. The van der Waals surface area contributed by atoms with Crippen LogP contribution in [0.4, 0.5) is 0 Å². The van der Waals surface area contributed by atoms with E-state index in [0.717, 1.165) is 28.0 Å². The van der Waals surface area contributed by atoms with Crippen LogP contribution >= 0.6 is 0 Å². The number of hydrogen-bond donors (Lipinski definition) is 1. The van der Waals surface area contributed by atoms with Gasteiger partial charge in [0.2, 0.25) is 0 Å². The molecule has 0 spiro atoms. The summed E-state index contributed by atoms with van der Waals surface area (Å²) < 4.78 is 4.81. The standard InChI is InChI=1S/C52H35N5/c1-4-14-43-41(13-1)50-44(52(43,48-17-7-9-30-54-48)49-18-8-10-31-55-49)28-27-40-38-11-2-6-16-46(38)57(51(40)50)37-25-21-35(22-26-37)34-19-23-36(24-20-34)56-45-15-5-3-12-39(45)42-33-53-32-29-47(42)56/h1-33,48,54H. The molecule has 2 atom stereocenters. The van der Waals surface area contributed by atoms with Gasteiger partial charge in [0.1, 0.15) is 0 Å². The van der Waals surface area contributed by atoms with Crippen LogP contribution in [0.2, 0.25) is 0 Å². The van der Waals surface area contributed by atoms with Gasteiger partial charge < -0.3 is 14.5 Å². The predicted octanol–water partition coefficient (Wildman–Crippen LogP) is 11.7. The number of allylic oxidation sites excluding steroid dienone is 2. The number of nitrogens with one attached hydrogen (secondary N) is 1. The fourth-order valence-corrected chi connectivity index (χ4v) is 9.90. The van der Waals surface area contributed by atoms with Crippen LogP contribution in [0.1, 0.15) is 16.8 Å². The number of rotatable bonds is 5. The molecule has 0 radical (unpaired) electrons. The maximum Gasteiger partial charge on any atom is 0.0873 e. The third-order valence-corrected chi connectivity index (χ3v) is 12.3. The Hall–Kier alpha value is -7.50. The van der Waals surface area contributed by atoms with E-state index in [4.69, 9.17) is 4.98 Å². The van der Waals surface area contributed by atoms with Crippen molar-refractivity contribution in [2.45, 2.75) is 11.5 Å². The topological polar surface area (TPSA) is 47.7 Å². The minimum atomic E-state index is -0.546. The average molecular weight is 730 g/mol. The van der Waals surface area contributed by atoms with Crippen molar-refractivity contribution in [3.05, 3.63) is 218 Å². The summed E-state index contributed by atoms with van der Waals surface area (Å²) in [6.45, 7) is 0. The summed E-state index contributed by atoms with van der Waals surface area (Å²) in [6, 6.07) is 57.4. The lowest BCUT2D eigenvalue weighted by molar-refractivity contribution is 0.489. The van der Waals surface area contributed by atoms with E-state index in [1.807, 2.05) is 24.7 Å². The van der Waals surface area contributed by atoms with E-state index in [1.165, 1.54) is 66.1 Å². The van der Waals surface area contributed by atoms with Gasteiger partial charge in [-0.3, -0.25) is 9.97 Å². The number of fused-ring (bicyclic) bond motifs is 10. The second kappa shape index (κ2) is 12.3. The number of para-hydroxylation sites is 2. The highest BCUT2D eigenvalue weighted by molar-refractivity contribution is 6.16. The Balaban J connectivity index is 1.02. The monoisotopic (exact) mass is 729 g/mol. The van der Waals surface area contributed by atoms with E-state index in [9.17, 15) is 0 Å². The molecule has 1 aliphatic carbocycles. The molecule has 1 N–H and O–H groups in total. The van der Waals surface area contributed by atoms with Gasteiger partial charge in [-0.2, -0.15) is 0 Å². The summed E-state index contributed by atoms with van der Waals surface area (Å²) >= 11 is 0. The van der Waals surface area contributed by atoms with Crippen molar-refractivity contribution >= 4 is 43.6 Å². The molecule has 5 heteroatoms. The Morgan fingerprint density at radius 2 is 1.18 bits per heavy atom. The number of aromatic nitrogens is 4. The van der Waals surface area contributed by atoms with E-state index in [0.29, 0.717) is 0 Å². The minimum Gasteiger partial charge on any atom is -0.383 e. The van der Waals surface area contributed by atoms with E-state index in [2.05, 4.69) is 196 Å². The Morgan fingerprint density at radius 3 is 1.91 bits per heavy atom. The third-order valence-electron chi connectivity index (χ3n) is 12.3. The molecule has 2 aliphatic rings. The maximum atomic E-state index is 5.09. The Bertz CT molecular complexity index is 3210. The second-order valence-corrected chi connectivity index (χ2v) is 15.0. The number of nitrogens with zero attached hydrogens (tertiary/aromatic N) is 4. The third kappa shape index (κ3) is 4.45. The van der Waals surface area contributed by atoms with E-state index >= 15 is 0 Å². The molecule has 1 aliphatic heterocycles. The minimum absolute atomic E-state index is 0.0345. The fraction of sp³-hybridized carbons (Fsp3) is 0.0385. The van der Waals surface area contributed by atoms with Crippen molar-refractivity contribution < 1.29 is 0 Å². The van der Waals surface area contributed by atoms with Crippen LogP contribution in [0.5, 0.6) is 0 Å². The largest absolute Gasteiger partial charge is 0.383 e. The molecule has 12 rings (SSSR count). The molecule has 268 valence electrons. The van der Waals surface area contributed by atoms with Crippen LogP contribution in [0, 0.1) is 0 Å². The molecule has 4 aromatic heterocycles. The van der Waals surface area contributed by atoms with Crippen LogP contribution < -0.4 is 5.32 Å². The van der Waals surface area contributed by atoms with Crippen molar-refractivity contribution in [2.75, 3.05) is 0 Å². The van der Waals surface area contributed by atoms with Crippen molar-refractivity contribution in [3.63, 3.8) is 0 Å². The molecular formula is C52H35N5. The van der Waals surface area contributed by atoms with E-state index < -0.39 is 5.41 Å². The first-order valence-electron chi connectivity index (χ1n) is 19.5. The first-order chi connectivity index (χ1) is 28.3. The van der Waals surface area contributed by atoms with Crippen molar-refractivity contribution in [1.29, 1.82) is 0 Å². The van der Waals surface area contributed by atoms with E-state index in [1.54, 1.807) is 0 Å². The Labute approximate surface area is 329 Å². The van der Waals surface area contributed by atoms with Gasteiger partial charge in [-0.15, -0.1) is 0 Å². The van der Waals surface area contributed by atoms with Crippen LogP contribution in [0.25, 0.3) is 77.2 Å². The van der Waals surface area contributed by atoms with Crippen molar-refractivity contribution in [2.24, 2.45) is 0 Å². The number of dihydropyridines is 1. The first-order valence-corrected chi connectivity index (χ1v) is 19.5. The zero-order valence-corrected chi connectivity index (χ0v) is 30.9. The van der Waals surface area contributed by atoms with Crippen LogP contribution in [-0.2, 0) is 5.41 Å². The lowest BCUT2D eigenvalue weighted by Gasteiger charge is -2.39. The molecule has 0 saturated carbocycles. The van der Waals surface area contributed by atoms with E-state index in [-0.39, 0.29) is 6.04 Å². The van der Waals surface area contributed by atoms with Crippen LogP contribution in [-0.4, -0.2) is 25.1 Å². The molecule has 6 aromatic carbocycles. The highest BCUT2D eigenvalue weighted by Gasteiger charge is 2.51. The van der Waals surface area contributed by atoms with Gasteiger partial charge in [-0.1, -0.05) is 115 Å². The molecule has 0 saturated heterocycles. The van der Waals surface area contributed by atoms with Crippen LogP contribution in [0.3, 0.4) is 0 Å². The summed E-state index contributed by atoms with van der Waals surface area (Å²) in [6.07, 6.45) is 14.3. The zero-order chi connectivity index (χ0) is 37.5. The molecule has 5 heterocycles. The zero-order valence-electron chi connectivity index (χ0n) is 30.9. The molecule has 0 fully saturated rings. The summed E-state index contributed by atoms with van der Waals surface area (Å²) in [5, 5.41) is 8.58. The summed E-state index contributed by atoms with van der Waals surface area (Å²) in [7, 11) is 0. The molecule has 0 bridgehead atoms. The first kappa shape index (κ1) is 31.8. The van der Waals surface area contributed by atoms with Gasteiger partial charge in [0.25, 0.3) is 0 Å². The maximum absolute atomic E-state index is 5.09. The lowest BCUT2D eigenvalue weighted by Crippen LogP contribution is -2.47. The number of benzene rings is 6. The SMILES string of the molecule is C1=CNC(C2(c3ccccn3)c3ccccc3-c3c2ccc2c4ccccc4n(-c4ccc(-c5ccc(-n6c7ccccc7c7cnccc76)cc5)cc4)c32)C=C1. The van der Waals surface area contributed by atoms with Gasteiger partial charge in [0.15, 0.2) is 0 Å². The molecule has 0 amide bonds. The number of hydrogen-bond acceptors (Lipinski definition) is 3. The summed E-state index contributed by atoms with van der Waals surface area (Å²) in [5.41, 5.74) is 14.8. The highest BCUT2D eigenvalue weighted by atomic mass is 15.0. The Kier molecular flexibility index (Phi) is 6.84.